The Morgan fingerprint density at radius 1 is 1.08 bits per heavy atom. The van der Waals surface area contributed by atoms with Gasteiger partial charge in [0.2, 0.25) is 5.13 Å². The third-order valence-corrected chi connectivity index (χ3v) is 4.76. The SMILES string of the molecule is COC(=O)c1ccc(N(C)c2nnc(-c3ccc(Br)cc3)s2)nn1. The van der Waals surface area contributed by atoms with E-state index in [0.717, 1.165) is 15.0 Å². The van der Waals surface area contributed by atoms with Crippen molar-refractivity contribution in [3.63, 3.8) is 0 Å². The molecule has 9 heteroatoms. The fourth-order valence-corrected chi connectivity index (χ4v) is 2.96. The number of hydrogen-bond donors (Lipinski definition) is 0. The molecule has 0 amide bonds. The van der Waals surface area contributed by atoms with E-state index in [1.165, 1.54) is 18.4 Å². The second-order valence-electron chi connectivity index (χ2n) is 4.72. The van der Waals surface area contributed by atoms with Gasteiger partial charge < -0.3 is 9.64 Å². The van der Waals surface area contributed by atoms with Crippen molar-refractivity contribution < 1.29 is 9.53 Å². The standard InChI is InChI=1S/C15H12BrN5O2S/c1-21(12-8-7-11(17-18-12)14(22)23-2)15-20-19-13(24-15)9-3-5-10(16)6-4-9/h3-8H,1-2H3. The quantitative estimate of drug-likeness (QED) is 0.615. The van der Waals surface area contributed by atoms with Crippen LogP contribution in [0.5, 0.6) is 0 Å². The maximum Gasteiger partial charge on any atom is 0.358 e. The first-order valence-electron chi connectivity index (χ1n) is 6.83. The van der Waals surface area contributed by atoms with E-state index in [0.29, 0.717) is 10.9 Å². The average molecular weight is 406 g/mol. The predicted octanol–water partition coefficient (Wildman–Crippen LogP) is 3.31. The number of hydrogen-bond acceptors (Lipinski definition) is 8. The molecule has 3 aromatic rings. The molecule has 3 rings (SSSR count). The Bertz CT molecular complexity index is 851. The van der Waals surface area contributed by atoms with Gasteiger partial charge in [0, 0.05) is 17.1 Å². The summed E-state index contributed by atoms with van der Waals surface area (Å²) in [7, 11) is 3.11. The van der Waals surface area contributed by atoms with E-state index in [4.69, 9.17) is 0 Å². The van der Waals surface area contributed by atoms with E-state index < -0.39 is 5.97 Å². The van der Waals surface area contributed by atoms with Gasteiger partial charge in [-0.15, -0.1) is 20.4 Å². The van der Waals surface area contributed by atoms with Crippen LogP contribution >= 0.6 is 27.3 Å². The second kappa shape index (κ2) is 7.02. The van der Waals surface area contributed by atoms with Gasteiger partial charge in [0.1, 0.15) is 5.01 Å². The van der Waals surface area contributed by atoms with Crippen LogP contribution < -0.4 is 4.90 Å². The molecule has 0 N–H and O–H groups in total. The van der Waals surface area contributed by atoms with Gasteiger partial charge in [0.25, 0.3) is 0 Å². The van der Waals surface area contributed by atoms with E-state index in [9.17, 15) is 4.79 Å². The molecule has 0 saturated heterocycles. The Hall–Kier alpha value is -2.39. The molecule has 0 aliphatic carbocycles. The average Bonchev–Trinajstić information content (AvgIpc) is 3.11. The van der Waals surface area contributed by atoms with E-state index in [-0.39, 0.29) is 5.69 Å². The number of carbonyl (C=O) groups excluding carboxylic acids is 1. The highest BCUT2D eigenvalue weighted by Gasteiger charge is 2.15. The van der Waals surface area contributed by atoms with Gasteiger partial charge in [-0.3, -0.25) is 0 Å². The van der Waals surface area contributed by atoms with Crippen molar-refractivity contribution in [3.8, 4) is 10.6 Å². The number of benzene rings is 1. The highest BCUT2D eigenvalue weighted by Crippen LogP contribution is 2.31. The molecule has 0 unspecified atom stereocenters. The van der Waals surface area contributed by atoms with Gasteiger partial charge in [-0.05, 0) is 24.3 Å². The van der Waals surface area contributed by atoms with E-state index >= 15 is 0 Å². The Morgan fingerprint density at radius 2 is 1.83 bits per heavy atom. The minimum atomic E-state index is -0.523. The largest absolute Gasteiger partial charge is 0.464 e. The lowest BCUT2D eigenvalue weighted by Crippen LogP contribution is -2.13. The molecular formula is C15H12BrN5O2S. The topological polar surface area (TPSA) is 81.1 Å². The first kappa shape index (κ1) is 16.5. The van der Waals surface area contributed by atoms with Crippen LogP contribution in [0.15, 0.2) is 40.9 Å². The molecule has 0 fully saturated rings. The molecule has 7 nitrogen and oxygen atoms in total. The summed E-state index contributed by atoms with van der Waals surface area (Å²) < 4.78 is 5.61. The van der Waals surface area contributed by atoms with Crippen LogP contribution in [0.3, 0.4) is 0 Å². The van der Waals surface area contributed by atoms with Crippen LogP contribution in [0.4, 0.5) is 10.9 Å². The summed E-state index contributed by atoms with van der Waals surface area (Å²) in [6.07, 6.45) is 0. The molecule has 0 aliphatic heterocycles. The Morgan fingerprint density at radius 3 is 2.46 bits per heavy atom. The second-order valence-corrected chi connectivity index (χ2v) is 6.60. The monoisotopic (exact) mass is 405 g/mol. The lowest BCUT2D eigenvalue weighted by molar-refractivity contribution is 0.0592. The molecule has 2 aromatic heterocycles. The lowest BCUT2D eigenvalue weighted by atomic mass is 10.2. The van der Waals surface area contributed by atoms with Gasteiger partial charge in [0.05, 0.1) is 7.11 Å². The summed E-state index contributed by atoms with van der Waals surface area (Å²) in [4.78, 5) is 13.1. The number of aromatic nitrogens is 4. The molecule has 0 atom stereocenters. The highest BCUT2D eigenvalue weighted by molar-refractivity contribution is 9.10. The Labute approximate surface area is 150 Å². The molecule has 0 bridgehead atoms. The number of rotatable bonds is 4. The van der Waals surface area contributed by atoms with Crippen LogP contribution in [0, 0.1) is 0 Å². The molecular weight excluding hydrogens is 394 g/mol. The van der Waals surface area contributed by atoms with Gasteiger partial charge in [0.15, 0.2) is 11.5 Å². The number of ether oxygens (including phenoxy) is 1. The molecule has 122 valence electrons. The van der Waals surface area contributed by atoms with Crippen LogP contribution in [0.2, 0.25) is 0 Å². The van der Waals surface area contributed by atoms with Crippen molar-refractivity contribution in [3.05, 3.63) is 46.6 Å². The zero-order chi connectivity index (χ0) is 17.1. The molecule has 0 aliphatic rings. The predicted molar refractivity (Wildman–Crippen MR) is 94.5 cm³/mol. The molecule has 1 aromatic carbocycles. The zero-order valence-electron chi connectivity index (χ0n) is 12.8. The molecule has 0 saturated carbocycles. The summed E-state index contributed by atoms with van der Waals surface area (Å²) >= 11 is 4.85. The summed E-state index contributed by atoms with van der Waals surface area (Å²) in [5, 5.41) is 17.8. The minimum absolute atomic E-state index is 0.155. The fraction of sp³-hybridized carbons (Fsp3) is 0.133. The molecule has 0 spiro atoms. The number of anilines is 2. The number of halogens is 1. The van der Waals surface area contributed by atoms with Gasteiger partial charge in [-0.1, -0.05) is 39.4 Å². The normalized spacial score (nSPS) is 10.5. The van der Waals surface area contributed by atoms with Crippen molar-refractivity contribution in [1.82, 2.24) is 20.4 Å². The summed E-state index contributed by atoms with van der Waals surface area (Å²) in [5.74, 6) is 0.0336. The zero-order valence-corrected chi connectivity index (χ0v) is 15.2. The first-order chi connectivity index (χ1) is 11.6. The Balaban J connectivity index is 1.81. The van der Waals surface area contributed by atoms with Crippen LogP contribution in [0.25, 0.3) is 10.6 Å². The third-order valence-electron chi connectivity index (χ3n) is 3.18. The van der Waals surface area contributed by atoms with Gasteiger partial charge in [-0.2, -0.15) is 0 Å². The number of esters is 1. The van der Waals surface area contributed by atoms with Gasteiger partial charge >= 0.3 is 5.97 Å². The maximum atomic E-state index is 11.4. The van der Waals surface area contributed by atoms with Crippen molar-refractivity contribution in [2.24, 2.45) is 0 Å². The summed E-state index contributed by atoms with van der Waals surface area (Å²) in [6, 6.07) is 11.1. The van der Waals surface area contributed by atoms with E-state index in [1.54, 1.807) is 17.0 Å². The van der Waals surface area contributed by atoms with E-state index in [2.05, 4.69) is 41.1 Å². The van der Waals surface area contributed by atoms with Crippen molar-refractivity contribution in [2.75, 3.05) is 19.1 Å². The number of nitrogens with zero attached hydrogens (tertiary/aromatic N) is 5. The summed E-state index contributed by atoms with van der Waals surface area (Å²) in [5.41, 5.74) is 1.14. The lowest BCUT2D eigenvalue weighted by Gasteiger charge is -2.12. The Kier molecular flexibility index (Phi) is 4.81. The maximum absolute atomic E-state index is 11.4. The molecule has 24 heavy (non-hydrogen) atoms. The van der Waals surface area contributed by atoms with Crippen molar-refractivity contribution >= 4 is 44.2 Å². The van der Waals surface area contributed by atoms with Gasteiger partial charge in [-0.25, -0.2) is 4.79 Å². The van der Waals surface area contributed by atoms with Crippen LogP contribution in [-0.2, 0) is 4.74 Å². The van der Waals surface area contributed by atoms with Crippen LogP contribution in [0.1, 0.15) is 10.5 Å². The smallest absolute Gasteiger partial charge is 0.358 e. The van der Waals surface area contributed by atoms with Crippen molar-refractivity contribution in [2.45, 2.75) is 0 Å². The third kappa shape index (κ3) is 3.41. The molecule has 2 heterocycles. The fourth-order valence-electron chi connectivity index (χ4n) is 1.88. The minimum Gasteiger partial charge on any atom is -0.464 e. The van der Waals surface area contributed by atoms with E-state index in [1.807, 2.05) is 31.3 Å². The first-order valence-corrected chi connectivity index (χ1v) is 8.44. The highest BCUT2D eigenvalue weighted by atomic mass is 79.9. The molecule has 0 radical (unpaired) electrons. The van der Waals surface area contributed by atoms with Crippen molar-refractivity contribution in [1.29, 1.82) is 0 Å². The van der Waals surface area contributed by atoms with Crippen LogP contribution in [-0.4, -0.2) is 40.5 Å². The summed E-state index contributed by atoms with van der Waals surface area (Å²) in [6.45, 7) is 0. The number of carbonyl (C=O) groups is 1. The number of methoxy groups -OCH3 is 1.